The number of halogens is 1. The second-order valence-electron chi connectivity index (χ2n) is 4.46. The molecule has 0 amide bonds. The minimum absolute atomic E-state index is 0.208. The summed E-state index contributed by atoms with van der Waals surface area (Å²) in [5.74, 6) is 1.79. The summed E-state index contributed by atoms with van der Waals surface area (Å²) in [7, 11) is 0. The molecule has 0 radical (unpaired) electrons. The molecule has 2 aliphatic heterocycles. The van der Waals surface area contributed by atoms with Gasteiger partial charge in [0.2, 0.25) is 5.76 Å². The topological polar surface area (TPSA) is 42.5 Å². The summed E-state index contributed by atoms with van der Waals surface area (Å²) < 4.78 is 25.0. The molecular formula is C14H15FN2O2. The van der Waals surface area contributed by atoms with E-state index in [4.69, 9.17) is 9.47 Å². The van der Waals surface area contributed by atoms with Gasteiger partial charge in [0.15, 0.2) is 17.3 Å². The van der Waals surface area contributed by atoms with Gasteiger partial charge in [0.25, 0.3) is 0 Å². The lowest BCUT2D eigenvalue weighted by molar-refractivity contribution is 0.170. The van der Waals surface area contributed by atoms with Gasteiger partial charge in [-0.1, -0.05) is 6.07 Å². The normalized spacial score (nSPS) is 17.7. The highest BCUT2D eigenvalue weighted by atomic mass is 19.1. The van der Waals surface area contributed by atoms with Gasteiger partial charge < -0.3 is 20.1 Å². The number of benzene rings is 1. The van der Waals surface area contributed by atoms with E-state index in [0.717, 1.165) is 17.9 Å². The lowest BCUT2D eigenvalue weighted by Gasteiger charge is -2.27. The molecule has 3 rings (SSSR count). The Labute approximate surface area is 110 Å². The average Bonchev–Trinajstić information content (AvgIpc) is 2.42. The minimum Gasteiger partial charge on any atom is -0.485 e. The molecular weight excluding hydrogens is 247 g/mol. The first-order valence-electron chi connectivity index (χ1n) is 6.23. The molecule has 0 saturated heterocycles. The van der Waals surface area contributed by atoms with Gasteiger partial charge in [0.05, 0.1) is 6.54 Å². The van der Waals surface area contributed by atoms with Gasteiger partial charge in [0, 0.05) is 6.54 Å². The summed E-state index contributed by atoms with van der Waals surface area (Å²) in [6.07, 6.45) is 1.84. The zero-order valence-electron chi connectivity index (χ0n) is 10.6. The van der Waals surface area contributed by atoms with Crippen molar-refractivity contribution in [3.05, 3.63) is 53.0 Å². The van der Waals surface area contributed by atoms with Crippen molar-refractivity contribution in [2.45, 2.75) is 6.92 Å². The number of rotatable bonds is 2. The van der Waals surface area contributed by atoms with Crippen molar-refractivity contribution in [3.8, 4) is 5.75 Å². The van der Waals surface area contributed by atoms with Crippen molar-refractivity contribution in [2.24, 2.45) is 0 Å². The van der Waals surface area contributed by atoms with Crippen LogP contribution in [0.15, 0.2) is 41.6 Å². The number of aryl methyl sites for hydroxylation is 1. The summed E-state index contributed by atoms with van der Waals surface area (Å²) in [4.78, 5) is 0. The van der Waals surface area contributed by atoms with E-state index in [2.05, 4.69) is 10.6 Å². The number of ether oxygens (including phenoxy) is 2. The molecule has 4 nitrogen and oxygen atoms in total. The molecule has 0 saturated carbocycles. The molecule has 2 N–H and O–H groups in total. The van der Waals surface area contributed by atoms with E-state index in [-0.39, 0.29) is 11.6 Å². The van der Waals surface area contributed by atoms with E-state index in [1.807, 2.05) is 19.1 Å². The molecule has 0 atom stereocenters. The summed E-state index contributed by atoms with van der Waals surface area (Å²) in [6.45, 7) is 3.78. The van der Waals surface area contributed by atoms with Crippen molar-refractivity contribution in [1.82, 2.24) is 10.6 Å². The third-order valence-corrected chi connectivity index (χ3v) is 2.97. The highest BCUT2D eigenvalue weighted by Crippen LogP contribution is 2.26. The monoisotopic (exact) mass is 262 g/mol. The first kappa shape index (κ1) is 11.9. The van der Waals surface area contributed by atoms with Crippen LogP contribution >= 0.6 is 0 Å². The Bertz CT molecular complexity index is 567. The molecule has 5 heteroatoms. The van der Waals surface area contributed by atoms with E-state index in [1.165, 1.54) is 6.07 Å². The molecule has 0 aromatic heterocycles. The minimum atomic E-state index is -0.370. The summed E-state index contributed by atoms with van der Waals surface area (Å²) in [6, 6.07) is 4.89. The average molecular weight is 262 g/mol. The van der Waals surface area contributed by atoms with Gasteiger partial charge in [-0.25, -0.2) is 4.39 Å². The van der Waals surface area contributed by atoms with Crippen LogP contribution in [0.25, 0.3) is 0 Å². The fourth-order valence-electron chi connectivity index (χ4n) is 2.05. The molecule has 2 aliphatic rings. The Kier molecular flexibility index (Phi) is 3.03. The van der Waals surface area contributed by atoms with Crippen LogP contribution in [0.4, 0.5) is 4.39 Å². The van der Waals surface area contributed by atoms with E-state index in [1.54, 1.807) is 6.07 Å². The third kappa shape index (κ3) is 2.36. The van der Waals surface area contributed by atoms with Crippen LogP contribution in [-0.2, 0) is 4.74 Å². The maximum Gasteiger partial charge on any atom is 0.202 e. The Morgan fingerprint density at radius 1 is 1.32 bits per heavy atom. The van der Waals surface area contributed by atoms with Crippen molar-refractivity contribution >= 4 is 0 Å². The fourth-order valence-corrected chi connectivity index (χ4v) is 2.05. The highest BCUT2D eigenvalue weighted by molar-refractivity contribution is 5.36. The maximum absolute atomic E-state index is 13.8. The molecule has 100 valence electrons. The summed E-state index contributed by atoms with van der Waals surface area (Å²) >= 11 is 0. The SMILES string of the molecule is Cc1ccc(OC2=CCNC3=C2OCCN3)c(F)c1. The lowest BCUT2D eigenvalue weighted by atomic mass is 10.2. The van der Waals surface area contributed by atoms with Gasteiger partial charge in [0.1, 0.15) is 12.4 Å². The number of hydrogen-bond acceptors (Lipinski definition) is 4. The standard InChI is InChI=1S/C14H15FN2O2/c1-9-2-3-11(10(15)8-9)19-12-4-5-16-14-13(12)18-7-6-17-14/h2-4,8,16-17H,5-7H2,1H3. The molecule has 2 heterocycles. The fraction of sp³-hybridized carbons (Fsp3) is 0.286. The van der Waals surface area contributed by atoms with Crippen molar-refractivity contribution < 1.29 is 13.9 Å². The van der Waals surface area contributed by atoms with Crippen LogP contribution in [0, 0.1) is 12.7 Å². The Hall–Kier alpha value is -2.17. The van der Waals surface area contributed by atoms with E-state index in [9.17, 15) is 4.39 Å². The quantitative estimate of drug-likeness (QED) is 0.852. The molecule has 0 bridgehead atoms. The smallest absolute Gasteiger partial charge is 0.202 e. The first-order valence-corrected chi connectivity index (χ1v) is 6.23. The third-order valence-electron chi connectivity index (χ3n) is 2.97. The maximum atomic E-state index is 13.8. The Morgan fingerprint density at radius 3 is 3.05 bits per heavy atom. The van der Waals surface area contributed by atoms with E-state index < -0.39 is 0 Å². The van der Waals surface area contributed by atoms with Gasteiger partial charge in [-0.3, -0.25) is 0 Å². The second-order valence-corrected chi connectivity index (χ2v) is 4.46. The van der Waals surface area contributed by atoms with Crippen LogP contribution in [0.3, 0.4) is 0 Å². The van der Waals surface area contributed by atoms with Gasteiger partial charge in [-0.05, 0) is 30.7 Å². The van der Waals surface area contributed by atoms with Gasteiger partial charge in [-0.15, -0.1) is 0 Å². The van der Waals surface area contributed by atoms with Gasteiger partial charge in [-0.2, -0.15) is 0 Å². The molecule has 0 unspecified atom stereocenters. The highest BCUT2D eigenvalue weighted by Gasteiger charge is 2.23. The van der Waals surface area contributed by atoms with Crippen LogP contribution in [0.5, 0.6) is 5.75 Å². The Balaban J connectivity index is 1.86. The van der Waals surface area contributed by atoms with Crippen LogP contribution in [0.1, 0.15) is 5.56 Å². The largest absolute Gasteiger partial charge is 0.485 e. The molecule has 0 aliphatic carbocycles. The molecule has 0 spiro atoms. The Morgan fingerprint density at radius 2 is 2.21 bits per heavy atom. The predicted molar refractivity (Wildman–Crippen MR) is 68.8 cm³/mol. The molecule has 19 heavy (non-hydrogen) atoms. The predicted octanol–water partition coefficient (Wildman–Crippen LogP) is 1.79. The zero-order chi connectivity index (χ0) is 13.2. The van der Waals surface area contributed by atoms with Crippen molar-refractivity contribution in [1.29, 1.82) is 0 Å². The summed E-state index contributed by atoms with van der Waals surface area (Å²) in [5, 5.41) is 6.34. The zero-order valence-corrected chi connectivity index (χ0v) is 10.6. The van der Waals surface area contributed by atoms with Crippen LogP contribution < -0.4 is 15.4 Å². The summed E-state index contributed by atoms with van der Waals surface area (Å²) in [5.41, 5.74) is 0.861. The number of nitrogens with one attached hydrogen (secondary N) is 2. The number of hydrogen-bond donors (Lipinski definition) is 2. The van der Waals surface area contributed by atoms with Crippen LogP contribution in [-0.4, -0.2) is 19.7 Å². The van der Waals surface area contributed by atoms with E-state index >= 15 is 0 Å². The van der Waals surface area contributed by atoms with Crippen molar-refractivity contribution in [2.75, 3.05) is 19.7 Å². The molecule has 1 aromatic carbocycles. The number of dihydropyridines is 1. The van der Waals surface area contributed by atoms with Crippen molar-refractivity contribution in [3.63, 3.8) is 0 Å². The first-order chi connectivity index (χ1) is 9.24. The lowest BCUT2D eigenvalue weighted by Crippen LogP contribution is -2.38. The second kappa shape index (κ2) is 4.84. The van der Waals surface area contributed by atoms with Gasteiger partial charge >= 0.3 is 0 Å². The molecule has 1 aromatic rings. The van der Waals surface area contributed by atoms with Crippen LogP contribution in [0.2, 0.25) is 0 Å². The molecule has 0 fully saturated rings. The van der Waals surface area contributed by atoms with E-state index in [0.29, 0.717) is 24.7 Å².